The molecule has 62 valence electrons. The molecule has 0 aliphatic rings. The van der Waals surface area contributed by atoms with E-state index >= 15 is 0 Å². The Morgan fingerprint density at radius 2 is 1.23 bits per heavy atom. The number of benzene rings is 1. The first-order valence-electron chi connectivity index (χ1n) is 3.00. The molecule has 0 bridgehead atoms. The van der Waals surface area contributed by atoms with Gasteiger partial charge in [0.05, 0.1) is 9.85 Å². The second kappa shape index (κ2) is 4.90. The fourth-order valence-electron chi connectivity index (χ4n) is 0.773. The molecule has 0 unspecified atom stereocenters. The van der Waals surface area contributed by atoms with Crippen LogP contribution in [0.1, 0.15) is 0 Å². The molecule has 1 aromatic carbocycles. The van der Waals surface area contributed by atoms with Crippen molar-refractivity contribution >= 4 is 11.4 Å². The van der Waals surface area contributed by atoms with E-state index in [1.165, 1.54) is 12.1 Å². The summed E-state index contributed by atoms with van der Waals surface area (Å²) in [6.45, 7) is 0. The first kappa shape index (κ1) is 12.0. The number of nitrogens with zero attached hydrogens (tertiary/aromatic N) is 2. The Morgan fingerprint density at radius 1 is 0.923 bits per heavy atom. The third-order valence-electron chi connectivity index (χ3n) is 1.28. The van der Waals surface area contributed by atoms with Crippen molar-refractivity contribution < 1.29 is 39.4 Å². The Bertz CT molecular complexity index is 308. The molecule has 0 spiro atoms. The minimum atomic E-state index is -0.780. The minimum absolute atomic E-state index is 0. The van der Waals surface area contributed by atoms with Crippen LogP contribution in [0.2, 0.25) is 0 Å². The predicted molar refractivity (Wildman–Crippen MR) is 39.8 cm³/mol. The van der Waals surface area contributed by atoms with Crippen molar-refractivity contribution in [1.29, 1.82) is 0 Å². The maximum Gasteiger partial charge on any atom is 1.00 e. The van der Waals surface area contributed by atoms with Crippen LogP contribution in [0, 0.1) is 20.2 Å². The van der Waals surface area contributed by atoms with Gasteiger partial charge in [-0.25, -0.2) is 0 Å². The summed E-state index contributed by atoms with van der Waals surface area (Å²) in [4.78, 5) is 18.9. The molecule has 1 aromatic rings. The standard InChI is InChI=1S/C6H4N2O4.Na/c9-7(10)5-3-1-2-4-6(5)8(11)12;/h1-4H;/q;+1. The second-order valence-corrected chi connectivity index (χ2v) is 2.00. The molecule has 0 aliphatic carbocycles. The summed E-state index contributed by atoms with van der Waals surface area (Å²) in [6.07, 6.45) is 0. The third kappa shape index (κ3) is 2.76. The predicted octanol–water partition coefficient (Wildman–Crippen LogP) is -1.49. The molecular weight excluding hydrogens is 187 g/mol. The van der Waals surface area contributed by atoms with Gasteiger partial charge < -0.3 is 0 Å². The van der Waals surface area contributed by atoms with Crippen molar-refractivity contribution in [2.45, 2.75) is 0 Å². The van der Waals surface area contributed by atoms with E-state index in [0.717, 1.165) is 12.1 Å². The first-order chi connectivity index (χ1) is 5.63. The Labute approximate surface area is 95.2 Å². The number of para-hydroxylation sites is 2. The van der Waals surface area contributed by atoms with Gasteiger partial charge in [-0.2, -0.15) is 0 Å². The van der Waals surface area contributed by atoms with Gasteiger partial charge in [0.15, 0.2) is 0 Å². The fourth-order valence-corrected chi connectivity index (χ4v) is 0.773. The van der Waals surface area contributed by atoms with Gasteiger partial charge in [0.1, 0.15) is 0 Å². The molecule has 0 aromatic heterocycles. The SMILES string of the molecule is O=[N+]([O-])c1ccccc1[N+](=O)[O-].[Na+]. The van der Waals surface area contributed by atoms with E-state index in [1.54, 1.807) is 0 Å². The largest absolute Gasteiger partial charge is 1.00 e. The van der Waals surface area contributed by atoms with Gasteiger partial charge in [0, 0.05) is 12.1 Å². The molecule has 0 N–H and O–H groups in total. The normalized spacial score (nSPS) is 8.62. The molecule has 0 saturated carbocycles. The Morgan fingerprint density at radius 3 is 1.46 bits per heavy atom. The molecule has 1 rings (SSSR count). The van der Waals surface area contributed by atoms with E-state index in [1.807, 2.05) is 0 Å². The van der Waals surface area contributed by atoms with Crippen molar-refractivity contribution in [2.75, 3.05) is 0 Å². The quantitative estimate of drug-likeness (QED) is 0.323. The summed E-state index contributed by atoms with van der Waals surface area (Å²) in [5.74, 6) is 0. The van der Waals surface area contributed by atoms with E-state index in [4.69, 9.17) is 0 Å². The van der Waals surface area contributed by atoms with E-state index in [0.29, 0.717) is 0 Å². The van der Waals surface area contributed by atoms with Crippen LogP contribution in [0.3, 0.4) is 0 Å². The maximum atomic E-state index is 10.2. The summed E-state index contributed by atoms with van der Waals surface area (Å²) in [6, 6.07) is 4.95. The number of nitro benzene ring substituents is 2. The molecule has 13 heavy (non-hydrogen) atoms. The summed E-state index contributed by atoms with van der Waals surface area (Å²) in [7, 11) is 0. The molecular formula is C6H4N2NaO4+. The van der Waals surface area contributed by atoms with Gasteiger partial charge in [-0.1, -0.05) is 12.1 Å². The van der Waals surface area contributed by atoms with Crippen LogP contribution in [-0.2, 0) is 0 Å². The van der Waals surface area contributed by atoms with Crippen molar-refractivity contribution in [3.63, 3.8) is 0 Å². The third-order valence-corrected chi connectivity index (χ3v) is 1.28. The van der Waals surface area contributed by atoms with E-state index in [-0.39, 0.29) is 29.6 Å². The van der Waals surface area contributed by atoms with Crippen LogP contribution in [0.25, 0.3) is 0 Å². The van der Waals surface area contributed by atoms with Crippen molar-refractivity contribution in [3.8, 4) is 0 Å². The smallest absolute Gasteiger partial charge is 0.258 e. The molecule has 7 heteroatoms. The summed E-state index contributed by atoms with van der Waals surface area (Å²) in [5.41, 5.74) is -0.968. The zero-order chi connectivity index (χ0) is 9.14. The average molecular weight is 191 g/mol. The molecule has 0 aliphatic heterocycles. The number of nitro groups is 2. The summed E-state index contributed by atoms with van der Waals surface area (Å²) < 4.78 is 0. The van der Waals surface area contributed by atoms with Crippen molar-refractivity contribution in [2.24, 2.45) is 0 Å². The Kier molecular flexibility index (Phi) is 4.53. The molecule has 6 nitrogen and oxygen atoms in total. The van der Waals surface area contributed by atoms with Crippen molar-refractivity contribution in [1.82, 2.24) is 0 Å². The van der Waals surface area contributed by atoms with Crippen molar-refractivity contribution in [3.05, 3.63) is 44.5 Å². The second-order valence-electron chi connectivity index (χ2n) is 2.00. The van der Waals surface area contributed by atoms with Crippen LogP contribution in [0.4, 0.5) is 11.4 Å². The van der Waals surface area contributed by atoms with Gasteiger partial charge >= 0.3 is 40.9 Å². The topological polar surface area (TPSA) is 86.3 Å². The number of hydrogen-bond donors (Lipinski definition) is 0. The molecule has 0 heterocycles. The molecule has 0 atom stereocenters. The zero-order valence-corrected chi connectivity index (χ0v) is 8.84. The zero-order valence-electron chi connectivity index (χ0n) is 6.84. The minimum Gasteiger partial charge on any atom is -0.258 e. The van der Waals surface area contributed by atoms with Crippen LogP contribution in [-0.4, -0.2) is 9.85 Å². The van der Waals surface area contributed by atoms with Crippen LogP contribution in [0.15, 0.2) is 24.3 Å². The summed E-state index contributed by atoms with van der Waals surface area (Å²) in [5, 5.41) is 20.5. The summed E-state index contributed by atoms with van der Waals surface area (Å²) >= 11 is 0. The van der Waals surface area contributed by atoms with Gasteiger partial charge in [0.2, 0.25) is 0 Å². The van der Waals surface area contributed by atoms with Gasteiger partial charge in [0.25, 0.3) is 0 Å². The first-order valence-corrected chi connectivity index (χ1v) is 3.00. The van der Waals surface area contributed by atoms with Gasteiger partial charge in [-0.3, -0.25) is 20.2 Å². The monoisotopic (exact) mass is 191 g/mol. The van der Waals surface area contributed by atoms with E-state index < -0.39 is 21.2 Å². The Hall–Kier alpha value is -0.980. The molecule has 0 fully saturated rings. The number of hydrogen-bond acceptors (Lipinski definition) is 4. The van der Waals surface area contributed by atoms with Gasteiger partial charge in [-0.05, 0) is 0 Å². The maximum absolute atomic E-state index is 10.2. The van der Waals surface area contributed by atoms with Crippen LogP contribution < -0.4 is 29.6 Å². The average Bonchev–Trinajstić information content (AvgIpc) is 2.04. The van der Waals surface area contributed by atoms with E-state index in [2.05, 4.69) is 0 Å². The van der Waals surface area contributed by atoms with Gasteiger partial charge in [-0.15, -0.1) is 0 Å². The van der Waals surface area contributed by atoms with Crippen LogP contribution in [0.5, 0.6) is 0 Å². The van der Waals surface area contributed by atoms with Crippen LogP contribution >= 0.6 is 0 Å². The molecule has 0 radical (unpaired) electrons. The fraction of sp³-hybridized carbons (Fsp3) is 0. The molecule has 0 amide bonds. The molecule has 0 saturated heterocycles. The Balaban J connectivity index is 0.00000144. The van der Waals surface area contributed by atoms with E-state index in [9.17, 15) is 20.2 Å². The number of rotatable bonds is 2.